The van der Waals surface area contributed by atoms with Gasteiger partial charge in [0.1, 0.15) is 0 Å². The fraction of sp³-hybridized carbons (Fsp3) is 0.200. The van der Waals surface area contributed by atoms with Gasteiger partial charge in [-0.2, -0.15) is 5.10 Å². The molecule has 0 radical (unpaired) electrons. The van der Waals surface area contributed by atoms with E-state index in [4.69, 9.17) is 11.6 Å². The lowest BCUT2D eigenvalue weighted by atomic mass is 10.1. The standard InChI is InChI=1S/C10H11ClN2O/c1-7-5-9(3-4-10(7)11)8(2)13-12-6-14/h3-6H,1-2H3,(H,12,14)/b13-8-. The monoisotopic (exact) mass is 210 g/mol. The molecule has 14 heavy (non-hydrogen) atoms. The molecule has 3 nitrogen and oxygen atoms in total. The molecule has 74 valence electrons. The number of nitrogens with zero attached hydrogens (tertiary/aromatic N) is 1. The Labute approximate surface area is 87.8 Å². The molecule has 0 saturated heterocycles. The van der Waals surface area contributed by atoms with Crippen LogP contribution in [0.4, 0.5) is 0 Å². The van der Waals surface area contributed by atoms with Gasteiger partial charge in [-0.05, 0) is 37.1 Å². The normalized spacial score (nSPS) is 11.2. The Morgan fingerprint density at radius 3 is 2.86 bits per heavy atom. The molecule has 0 aliphatic heterocycles. The average Bonchev–Trinajstić information content (AvgIpc) is 2.18. The average molecular weight is 211 g/mol. The highest BCUT2D eigenvalue weighted by Gasteiger charge is 2.00. The molecule has 0 saturated carbocycles. The number of benzene rings is 1. The number of nitrogens with one attached hydrogen (secondary N) is 1. The number of hydrogen-bond donors (Lipinski definition) is 1. The number of halogens is 1. The van der Waals surface area contributed by atoms with Crippen molar-refractivity contribution in [1.29, 1.82) is 0 Å². The van der Waals surface area contributed by atoms with Gasteiger partial charge < -0.3 is 0 Å². The molecule has 0 aliphatic carbocycles. The molecule has 0 aliphatic rings. The zero-order chi connectivity index (χ0) is 10.6. The van der Waals surface area contributed by atoms with Gasteiger partial charge in [0.05, 0.1) is 5.71 Å². The van der Waals surface area contributed by atoms with Gasteiger partial charge in [-0.25, -0.2) is 5.43 Å². The van der Waals surface area contributed by atoms with E-state index in [0.717, 1.165) is 21.9 Å². The van der Waals surface area contributed by atoms with Gasteiger partial charge in [-0.3, -0.25) is 4.79 Å². The first kappa shape index (κ1) is 10.7. The first-order valence-electron chi connectivity index (χ1n) is 4.15. The van der Waals surface area contributed by atoms with Crippen molar-refractivity contribution in [2.45, 2.75) is 13.8 Å². The van der Waals surface area contributed by atoms with Crippen LogP contribution in [0.2, 0.25) is 5.02 Å². The summed E-state index contributed by atoms with van der Waals surface area (Å²) in [5.74, 6) is 0. The molecule has 0 heterocycles. The largest absolute Gasteiger partial charge is 0.277 e. The number of hydrazone groups is 1. The number of aryl methyl sites for hydroxylation is 1. The zero-order valence-electron chi connectivity index (χ0n) is 8.04. The van der Waals surface area contributed by atoms with Crippen LogP contribution in [0.3, 0.4) is 0 Å². The van der Waals surface area contributed by atoms with E-state index < -0.39 is 0 Å². The Hall–Kier alpha value is -1.35. The number of carbonyl (C=O) groups is 1. The second-order valence-corrected chi connectivity index (χ2v) is 3.32. The van der Waals surface area contributed by atoms with E-state index in [1.165, 1.54) is 0 Å². The van der Waals surface area contributed by atoms with Crippen LogP contribution in [0.1, 0.15) is 18.1 Å². The molecule has 0 fully saturated rings. The topological polar surface area (TPSA) is 41.5 Å². The van der Waals surface area contributed by atoms with E-state index in [9.17, 15) is 4.79 Å². The second-order valence-electron chi connectivity index (χ2n) is 2.91. The summed E-state index contributed by atoms with van der Waals surface area (Å²) in [5.41, 5.74) is 4.94. The van der Waals surface area contributed by atoms with Crippen LogP contribution < -0.4 is 5.43 Å². The van der Waals surface area contributed by atoms with E-state index in [0.29, 0.717) is 6.41 Å². The molecule has 0 spiro atoms. The van der Waals surface area contributed by atoms with Crippen LogP contribution >= 0.6 is 11.6 Å². The van der Waals surface area contributed by atoms with Crippen LogP contribution in [0, 0.1) is 6.92 Å². The molecular formula is C10H11ClN2O. The van der Waals surface area contributed by atoms with Crippen molar-refractivity contribution in [3.05, 3.63) is 34.3 Å². The highest BCUT2D eigenvalue weighted by Crippen LogP contribution is 2.16. The molecule has 1 rings (SSSR count). The lowest BCUT2D eigenvalue weighted by Gasteiger charge is -2.02. The Kier molecular flexibility index (Phi) is 3.65. The third-order valence-electron chi connectivity index (χ3n) is 1.86. The summed E-state index contributed by atoms with van der Waals surface area (Å²) in [6.07, 6.45) is 0.534. The summed E-state index contributed by atoms with van der Waals surface area (Å²) in [5, 5.41) is 4.57. The van der Waals surface area contributed by atoms with Gasteiger partial charge in [-0.15, -0.1) is 0 Å². The Morgan fingerprint density at radius 2 is 2.29 bits per heavy atom. The minimum atomic E-state index is 0.534. The van der Waals surface area contributed by atoms with E-state index in [1.807, 2.05) is 32.0 Å². The minimum absolute atomic E-state index is 0.534. The van der Waals surface area contributed by atoms with E-state index in [2.05, 4.69) is 10.5 Å². The Morgan fingerprint density at radius 1 is 1.57 bits per heavy atom. The highest BCUT2D eigenvalue weighted by atomic mass is 35.5. The van der Waals surface area contributed by atoms with Gasteiger partial charge in [0, 0.05) is 5.02 Å². The molecule has 4 heteroatoms. The SMILES string of the molecule is C/C(=N/NC=O)c1ccc(Cl)c(C)c1. The Balaban J connectivity index is 2.96. The summed E-state index contributed by atoms with van der Waals surface area (Å²) in [6, 6.07) is 5.60. The van der Waals surface area contributed by atoms with Gasteiger partial charge in [0.25, 0.3) is 0 Å². The first-order valence-corrected chi connectivity index (χ1v) is 4.53. The fourth-order valence-electron chi connectivity index (χ4n) is 1.06. The molecule has 1 aromatic carbocycles. The van der Waals surface area contributed by atoms with Crippen molar-refractivity contribution >= 4 is 23.7 Å². The van der Waals surface area contributed by atoms with Gasteiger partial charge >= 0.3 is 0 Å². The predicted molar refractivity (Wildman–Crippen MR) is 57.6 cm³/mol. The molecule has 0 bridgehead atoms. The maximum atomic E-state index is 10.0. The predicted octanol–water partition coefficient (Wildman–Crippen LogP) is 2.12. The van der Waals surface area contributed by atoms with E-state index >= 15 is 0 Å². The number of hydrogen-bond acceptors (Lipinski definition) is 2. The third-order valence-corrected chi connectivity index (χ3v) is 2.28. The first-order chi connectivity index (χ1) is 6.65. The summed E-state index contributed by atoms with van der Waals surface area (Å²) in [4.78, 5) is 10.0. The summed E-state index contributed by atoms with van der Waals surface area (Å²) >= 11 is 5.88. The van der Waals surface area contributed by atoms with Crippen molar-refractivity contribution in [1.82, 2.24) is 5.43 Å². The fourth-order valence-corrected chi connectivity index (χ4v) is 1.18. The number of carbonyl (C=O) groups excluding carboxylic acids is 1. The van der Waals surface area contributed by atoms with Crippen molar-refractivity contribution in [2.75, 3.05) is 0 Å². The summed E-state index contributed by atoms with van der Waals surface area (Å²) in [7, 11) is 0. The van der Waals surface area contributed by atoms with Crippen LogP contribution in [0.15, 0.2) is 23.3 Å². The molecule has 1 aromatic rings. The van der Waals surface area contributed by atoms with Gasteiger partial charge in [-0.1, -0.05) is 17.7 Å². The molecule has 1 N–H and O–H groups in total. The van der Waals surface area contributed by atoms with Crippen molar-refractivity contribution in [2.24, 2.45) is 5.10 Å². The molecule has 0 unspecified atom stereocenters. The van der Waals surface area contributed by atoms with Crippen molar-refractivity contribution < 1.29 is 4.79 Å². The van der Waals surface area contributed by atoms with Crippen molar-refractivity contribution in [3.63, 3.8) is 0 Å². The maximum absolute atomic E-state index is 10.0. The minimum Gasteiger partial charge on any atom is -0.277 e. The molecular weight excluding hydrogens is 200 g/mol. The van der Waals surface area contributed by atoms with Crippen LogP contribution in [0.25, 0.3) is 0 Å². The quantitative estimate of drug-likeness (QED) is 0.464. The van der Waals surface area contributed by atoms with Crippen molar-refractivity contribution in [3.8, 4) is 0 Å². The summed E-state index contributed by atoms with van der Waals surface area (Å²) < 4.78 is 0. The van der Waals surface area contributed by atoms with E-state index in [1.54, 1.807) is 0 Å². The van der Waals surface area contributed by atoms with E-state index in [-0.39, 0.29) is 0 Å². The van der Waals surface area contributed by atoms with Crippen LogP contribution in [-0.2, 0) is 4.79 Å². The maximum Gasteiger partial charge on any atom is 0.227 e. The molecule has 0 aromatic heterocycles. The summed E-state index contributed by atoms with van der Waals surface area (Å²) in [6.45, 7) is 3.74. The van der Waals surface area contributed by atoms with Crippen LogP contribution in [-0.4, -0.2) is 12.1 Å². The highest BCUT2D eigenvalue weighted by molar-refractivity contribution is 6.31. The second kappa shape index (κ2) is 4.77. The number of rotatable bonds is 3. The number of amides is 1. The Bertz CT molecular complexity index is 374. The smallest absolute Gasteiger partial charge is 0.227 e. The lowest BCUT2D eigenvalue weighted by Crippen LogP contribution is -2.06. The molecule has 1 amide bonds. The lowest BCUT2D eigenvalue weighted by molar-refractivity contribution is -0.109. The van der Waals surface area contributed by atoms with Crippen LogP contribution in [0.5, 0.6) is 0 Å². The zero-order valence-corrected chi connectivity index (χ0v) is 8.80. The third kappa shape index (κ3) is 2.57. The molecule has 0 atom stereocenters. The van der Waals surface area contributed by atoms with Gasteiger partial charge in [0.15, 0.2) is 0 Å². The van der Waals surface area contributed by atoms with Gasteiger partial charge in [0.2, 0.25) is 6.41 Å².